The highest BCUT2D eigenvalue weighted by Gasteiger charge is 2.29. The van der Waals surface area contributed by atoms with E-state index < -0.39 is 6.04 Å². The van der Waals surface area contributed by atoms with E-state index in [4.69, 9.17) is 5.73 Å². The Balaban J connectivity index is 0.00000220. The molecule has 22 heavy (non-hydrogen) atoms. The SMILES string of the molecule is CC(CNC(=O)[C@@H](N)Cc1ccccc1)N(C)C1CC1.Cl.Cl. The third-order valence-electron chi connectivity index (χ3n) is 4.03. The Labute approximate surface area is 145 Å². The fourth-order valence-electron chi connectivity index (χ4n) is 2.33. The van der Waals surface area contributed by atoms with Gasteiger partial charge < -0.3 is 11.1 Å². The minimum atomic E-state index is -0.476. The second kappa shape index (κ2) is 10.1. The number of likely N-dealkylation sites (N-methyl/N-ethyl adjacent to an activating group) is 1. The molecule has 2 rings (SSSR count). The zero-order valence-electron chi connectivity index (χ0n) is 13.2. The van der Waals surface area contributed by atoms with E-state index in [0.29, 0.717) is 25.0 Å². The third-order valence-corrected chi connectivity index (χ3v) is 4.03. The molecule has 1 fully saturated rings. The molecule has 3 N–H and O–H groups in total. The Morgan fingerprint density at radius 3 is 2.45 bits per heavy atom. The zero-order chi connectivity index (χ0) is 14.5. The molecule has 126 valence electrons. The molecule has 1 aromatic carbocycles. The number of benzene rings is 1. The average Bonchev–Trinajstić information content (AvgIpc) is 3.29. The first-order valence-electron chi connectivity index (χ1n) is 7.37. The van der Waals surface area contributed by atoms with Crippen LogP contribution in [0.1, 0.15) is 25.3 Å². The van der Waals surface area contributed by atoms with Gasteiger partial charge in [0.2, 0.25) is 5.91 Å². The van der Waals surface area contributed by atoms with Crippen LogP contribution in [0.2, 0.25) is 0 Å². The summed E-state index contributed by atoms with van der Waals surface area (Å²) < 4.78 is 0. The van der Waals surface area contributed by atoms with E-state index in [1.165, 1.54) is 12.8 Å². The lowest BCUT2D eigenvalue weighted by Gasteiger charge is -2.25. The van der Waals surface area contributed by atoms with Gasteiger partial charge in [-0.1, -0.05) is 30.3 Å². The van der Waals surface area contributed by atoms with Crippen LogP contribution in [-0.4, -0.2) is 42.5 Å². The highest BCUT2D eigenvalue weighted by molar-refractivity contribution is 5.85. The van der Waals surface area contributed by atoms with E-state index in [2.05, 4.69) is 24.2 Å². The van der Waals surface area contributed by atoms with E-state index in [1.54, 1.807) is 0 Å². The minimum Gasteiger partial charge on any atom is -0.353 e. The van der Waals surface area contributed by atoms with Crippen LogP contribution in [0.25, 0.3) is 0 Å². The number of hydrogen-bond acceptors (Lipinski definition) is 3. The number of carbonyl (C=O) groups is 1. The number of rotatable bonds is 7. The van der Waals surface area contributed by atoms with E-state index in [9.17, 15) is 4.79 Å². The summed E-state index contributed by atoms with van der Waals surface area (Å²) in [4.78, 5) is 14.3. The first kappa shape index (κ1) is 21.2. The maximum absolute atomic E-state index is 12.0. The van der Waals surface area contributed by atoms with Gasteiger partial charge in [-0.25, -0.2) is 0 Å². The third kappa shape index (κ3) is 6.53. The lowest BCUT2D eigenvalue weighted by Crippen LogP contribution is -2.47. The van der Waals surface area contributed by atoms with Crippen molar-refractivity contribution in [2.24, 2.45) is 5.73 Å². The van der Waals surface area contributed by atoms with Gasteiger partial charge in [0.15, 0.2) is 0 Å². The smallest absolute Gasteiger partial charge is 0.237 e. The predicted octanol–water partition coefficient (Wildman–Crippen LogP) is 2.00. The molecule has 0 aliphatic heterocycles. The summed E-state index contributed by atoms with van der Waals surface area (Å²) >= 11 is 0. The molecule has 1 aliphatic rings. The normalized spacial score (nSPS) is 16.2. The fourth-order valence-corrected chi connectivity index (χ4v) is 2.33. The van der Waals surface area contributed by atoms with Crippen LogP contribution >= 0.6 is 24.8 Å². The number of amides is 1. The molecule has 0 saturated heterocycles. The van der Waals surface area contributed by atoms with Crippen LogP contribution in [-0.2, 0) is 11.2 Å². The van der Waals surface area contributed by atoms with Gasteiger partial charge in [-0.05, 0) is 38.8 Å². The number of nitrogens with one attached hydrogen (secondary N) is 1. The predicted molar refractivity (Wildman–Crippen MR) is 95.9 cm³/mol. The lowest BCUT2D eigenvalue weighted by molar-refractivity contribution is -0.122. The molecule has 1 unspecified atom stereocenters. The average molecular weight is 348 g/mol. The summed E-state index contributed by atoms with van der Waals surface area (Å²) in [6.07, 6.45) is 3.14. The Hall–Kier alpha value is -0.810. The van der Waals surface area contributed by atoms with Crippen LogP contribution in [0.5, 0.6) is 0 Å². The van der Waals surface area contributed by atoms with Gasteiger partial charge >= 0.3 is 0 Å². The lowest BCUT2D eigenvalue weighted by atomic mass is 10.1. The van der Waals surface area contributed by atoms with Crippen LogP contribution in [0.4, 0.5) is 0 Å². The van der Waals surface area contributed by atoms with Gasteiger partial charge in [0, 0.05) is 18.6 Å². The first-order valence-corrected chi connectivity index (χ1v) is 7.37. The largest absolute Gasteiger partial charge is 0.353 e. The highest BCUT2D eigenvalue weighted by Crippen LogP contribution is 2.26. The molecule has 1 amide bonds. The van der Waals surface area contributed by atoms with Crippen molar-refractivity contribution in [3.8, 4) is 0 Å². The van der Waals surface area contributed by atoms with Gasteiger partial charge in [-0.2, -0.15) is 0 Å². The van der Waals surface area contributed by atoms with Crippen molar-refractivity contribution < 1.29 is 4.79 Å². The van der Waals surface area contributed by atoms with Gasteiger partial charge in [0.25, 0.3) is 0 Å². The second-order valence-corrected chi connectivity index (χ2v) is 5.79. The molecule has 6 heteroatoms. The summed E-state index contributed by atoms with van der Waals surface area (Å²) in [6.45, 7) is 2.80. The fraction of sp³-hybridized carbons (Fsp3) is 0.562. The van der Waals surface area contributed by atoms with E-state index in [1.807, 2.05) is 30.3 Å². The summed E-state index contributed by atoms with van der Waals surface area (Å²) in [6, 6.07) is 10.5. The molecule has 4 nitrogen and oxygen atoms in total. The number of nitrogens with two attached hydrogens (primary N) is 1. The number of halogens is 2. The monoisotopic (exact) mass is 347 g/mol. The number of carbonyl (C=O) groups excluding carboxylic acids is 1. The molecule has 2 atom stereocenters. The summed E-state index contributed by atoms with van der Waals surface area (Å²) in [5, 5.41) is 2.96. The molecular formula is C16H27Cl2N3O. The number of nitrogens with zero attached hydrogens (tertiary/aromatic N) is 1. The molecule has 0 spiro atoms. The molecular weight excluding hydrogens is 321 g/mol. The van der Waals surface area contributed by atoms with Crippen LogP contribution in [0, 0.1) is 0 Å². The Morgan fingerprint density at radius 2 is 1.91 bits per heavy atom. The van der Waals surface area contributed by atoms with Crippen molar-refractivity contribution in [2.45, 2.75) is 44.3 Å². The molecule has 0 bridgehead atoms. The van der Waals surface area contributed by atoms with Gasteiger partial charge in [-0.15, -0.1) is 24.8 Å². The highest BCUT2D eigenvalue weighted by atomic mass is 35.5. The van der Waals surface area contributed by atoms with Crippen LogP contribution in [0.15, 0.2) is 30.3 Å². The van der Waals surface area contributed by atoms with Crippen molar-refractivity contribution >= 4 is 30.7 Å². The summed E-state index contributed by atoms with van der Waals surface area (Å²) in [5.41, 5.74) is 7.05. The maximum atomic E-state index is 12.0. The van der Waals surface area contributed by atoms with E-state index in [-0.39, 0.29) is 30.7 Å². The molecule has 1 aliphatic carbocycles. The molecule has 0 heterocycles. The Bertz CT molecular complexity index is 440. The second-order valence-electron chi connectivity index (χ2n) is 5.79. The van der Waals surface area contributed by atoms with Crippen molar-refractivity contribution in [2.75, 3.05) is 13.6 Å². The first-order chi connectivity index (χ1) is 9.58. The molecule has 0 radical (unpaired) electrons. The van der Waals surface area contributed by atoms with Gasteiger partial charge in [0.05, 0.1) is 6.04 Å². The summed E-state index contributed by atoms with van der Waals surface area (Å²) in [7, 11) is 2.12. The minimum absolute atomic E-state index is 0. The van der Waals surface area contributed by atoms with E-state index >= 15 is 0 Å². The van der Waals surface area contributed by atoms with Crippen LogP contribution in [0.3, 0.4) is 0 Å². The quantitative estimate of drug-likeness (QED) is 0.792. The Kier molecular flexibility index (Phi) is 9.69. The molecule has 0 aromatic heterocycles. The topological polar surface area (TPSA) is 58.4 Å². The number of hydrogen-bond donors (Lipinski definition) is 2. The van der Waals surface area contributed by atoms with Gasteiger partial charge in [0.1, 0.15) is 0 Å². The Morgan fingerprint density at radius 1 is 1.32 bits per heavy atom. The van der Waals surface area contributed by atoms with E-state index in [0.717, 1.165) is 5.56 Å². The van der Waals surface area contributed by atoms with Crippen molar-refractivity contribution in [3.63, 3.8) is 0 Å². The van der Waals surface area contributed by atoms with Gasteiger partial charge in [-0.3, -0.25) is 9.69 Å². The van der Waals surface area contributed by atoms with Crippen molar-refractivity contribution in [1.29, 1.82) is 0 Å². The molecule has 1 saturated carbocycles. The standard InChI is InChI=1S/C16H25N3O.2ClH/c1-12(19(2)14-8-9-14)11-18-16(20)15(17)10-13-6-4-3-5-7-13;;/h3-7,12,14-15H,8-11,17H2,1-2H3,(H,18,20);2*1H/t12?,15-;;/m0../s1. The maximum Gasteiger partial charge on any atom is 0.237 e. The molecule has 1 aromatic rings. The van der Waals surface area contributed by atoms with Crippen LogP contribution < -0.4 is 11.1 Å². The zero-order valence-corrected chi connectivity index (χ0v) is 14.8. The summed E-state index contributed by atoms with van der Waals surface area (Å²) in [5.74, 6) is -0.0649. The van der Waals surface area contributed by atoms with Crippen molar-refractivity contribution in [3.05, 3.63) is 35.9 Å². The van der Waals surface area contributed by atoms with Crippen molar-refractivity contribution in [1.82, 2.24) is 10.2 Å².